The van der Waals surface area contributed by atoms with Gasteiger partial charge in [0.15, 0.2) is 18.0 Å². The van der Waals surface area contributed by atoms with Crippen LogP contribution in [0.25, 0.3) is 11.0 Å². The van der Waals surface area contributed by atoms with E-state index in [0.29, 0.717) is 18.6 Å². The molecule has 2 aliphatic heterocycles. The highest BCUT2D eigenvalue weighted by atomic mass is 16.7. The van der Waals surface area contributed by atoms with Gasteiger partial charge in [0.05, 0.1) is 11.0 Å². The van der Waals surface area contributed by atoms with Crippen LogP contribution in [0.5, 0.6) is 11.5 Å². The third kappa shape index (κ3) is 4.74. The van der Waals surface area contributed by atoms with Crippen molar-refractivity contribution in [3.63, 3.8) is 0 Å². The Labute approximate surface area is 201 Å². The molecule has 3 heterocycles. The maximum absolute atomic E-state index is 12.2. The monoisotopic (exact) mass is 493 g/mol. The lowest BCUT2D eigenvalue weighted by molar-refractivity contribution is -0.339. The number of rotatable bonds is 6. The molecule has 0 radical (unpaired) electrons. The highest BCUT2D eigenvalue weighted by Crippen LogP contribution is 2.38. The SMILES string of the molecule is CO[C@@H]1[C@H](O)[C@@H](OC2CCCCO2)[C@H](Oc2ccc3c(O)c(C(N)=O)c(=O)oc3c2C)OC1(C)C. The molecule has 1 unspecified atom stereocenters. The van der Waals surface area contributed by atoms with Gasteiger partial charge in [0.25, 0.3) is 5.91 Å². The van der Waals surface area contributed by atoms with E-state index >= 15 is 0 Å². The quantitative estimate of drug-likeness (QED) is 0.505. The van der Waals surface area contributed by atoms with Crippen molar-refractivity contribution in [1.29, 1.82) is 0 Å². The van der Waals surface area contributed by atoms with Crippen molar-refractivity contribution in [1.82, 2.24) is 0 Å². The van der Waals surface area contributed by atoms with Crippen LogP contribution in [0.1, 0.15) is 49.0 Å². The molecule has 4 N–H and O–H groups in total. The van der Waals surface area contributed by atoms with Gasteiger partial charge in [0, 0.05) is 19.3 Å². The van der Waals surface area contributed by atoms with Crippen molar-refractivity contribution in [3.8, 4) is 11.5 Å². The van der Waals surface area contributed by atoms with Crippen molar-refractivity contribution in [2.24, 2.45) is 5.73 Å². The summed E-state index contributed by atoms with van der Waals surface area (Å²) in [6.45, 7) is 5.71. The van der Waals surface area contributed by atoms with Gasteiger partial charge >= 0.3 is 5.63 Å². The molecule has 1 amide bonds. The Morgan fingerprint density at radius 1 is 1.26 bits per heavy atom. The molecule has 2 aliphatic rings. The molecule has 0 saturated carbocycles. The Kier molecular flexibility index (Phi) is 7.07. The topological polar surface area (TPSA) is 160 Å². The number of amides is 1. The molecule has 0 spiro atoms. The molecular formula is C24H31NO10. The van der Waals surface area contributed by atoms with Crippen LogP contribution in [0.4, 0.5) is 0 Å². The van der Waals surface area contributed by atoms with Gasteiger partial charge in [0.1, 0.15) is 29.3 Å². The average molecular weight is 494 g/mol. The number of hydrogen-bond acceptors (Lipinski definition) is 10. The van der Waals surface area contributed by atoms with E-state index in [1.54, 1.807) is 20.8 Å². The second kappa shape index (κ2) is 9.75. The molecule has 2 saturated heterocycles. The molecule has 11 heteroatoms. The molecule has 1 aromatic carbocycles. The maximum Gasteiger partial charge on any atom is 0.353 e. The predicted octanol–water partition coefficient (Wildman–Crippen LogP) is 1.71. The maximum atomic E-state index is 12.2. The molecule has 0 bridgehead atoms. The van der Waals surface area contributed by atoms with Crippen LogP contribution in [-0.2, 0) is 18.9 Å². The van der Waals surface area contributed by atoms with E-state index in [2.05, 4.69) is 0 Å². The minimum atomic E-state index is -1.10. The lowest BCUT2D eigenvalue weighted by Gasteiger charge is -2.48. The molecule has 192 valence electrons. The first-order valence-corrected chi connectivity index (χ1v) is 11.5. The number of benzene rings is 1. The number of hydrogen-bond donors (Lipinski definition) is 3. The zero-order valence-electron chi connectivity index (χ0n) is 20.1. The molecular weight excluding hydrogens is 462 g/mol. The summed E-state index contributed by atoms with van der Waals surface area (Å²) in [6.07, 6.45) is -1.82. The predicted molar refractivity (Wildman–Crippen MR) is 122 cm³/mol. The van der Waals surface area contributed by atoms with Gasteiger partial charge in [-0.05, 0) is 52.2 Å². The van der Waals surface area contributed by atoms with E-state index in [-0.39, 0.29) is 16.7 Å². The summed E-state index contributed by atoms with van der Waals surface area (Å²) in [7, 11) is 1.48. The van der Waals surface area contributed by atoms with E-state index in [4.69, 9.17) is 33.8 Å². The van der Waals surface area contributed by atoms with Crippen LogP contribution in [0.3, 0.4) is 0 Å². The van der Waals surface area contributed by atoms with Crippen molar-refractivity contribution < 1.29 is 43.1 Å². The number of carbonyl (C=O) groups excluding carboxylic acids is 1. The Morgan fingerprint density at radius 3 is 2.63 bits per heavy atom. The summed E-state index contributed by atoms with van der Waals surface area (Å²) >= 11 is 0. The highest BCUT2D eigenvalue weighted by molar-refractivity contribution is 6.01. The van der Waals surface area contributed by atoms with Crippen molar-refractivity contribution in [3.05, 3.63) is 33.7 Å². The van der Waals surface area contributed by atoms with Gasteiger partial charge in [-0.2, -0.15) is 0 Å². The zero-order chi connectivity index (χ0) is 25.5. The summed E-state index contributed by atoms with van der Waals surface area (Å²) in [5, 5.41) is 21.7. The fourth-order valence-corrected chi connectivity index (χ4v) is 4.67. The number of fused-ring (bicyclic) bond motifs is 1. The van der Waals surface area contributed by atoms with Crippen LogP contribution >= 0.6 is 0 Å². The minimum Gasteiger partial charge on any atom is -0.506 e. The average Bonchev–Trinajstić information content (AvgIpc) is 2.79. The van der Waals surface area contributed by atoms with Crippen molar-refractivity contribution in [2.75, 3.05) is 13.7 Å². The van der Waals surface area contributed by atoms with Gasteiger partial charge in [-0.15, -0.1) is 0 Å². The summed E-state index contributed by atoms with van der Waals surface area (Å²) < 4.78 is 34.9. The van der Waals surface area contributed by atoms with Crippen molar-refractivity contribution >= 4 is 16.9 Å². The van der Waals surface area contributed by atoms with Crippen molar-refractivity contribution in [2.45, 2.75) is 76.5 Å². The second-order valence-electron chi connectivity index (χ2n) is 9.29. The van der Waals surface area contributed by atoms with Crippen LogP contribution in [-0.4, -0.2) is 66.3 Å². The molecule has 5 atom stereocenters. The Balaban J connectivity index is 1.70. The number of nitrogens with two attached hydrogens (primary N) is 1. The lowest BCUT2D eigenvalue weighted by atomic mass is 9.89. The Hall–Kier alpha value is -2.70. The highest BCUT2D eigenvalue weighted by Gasteiger charge is 2.52. The number of aliphatic hydroxyl groups excluding tert-OH is 1. The molecule has 35 heavy (non-hydrogen) atoms. The van der Waals surface area contributed by atoms with E-state index in [1.165, 1.54) is 19.2 Å². The largest absolute Gasteiger partial charge is 0.506 e. The standard InChI is InChI=1S/C24H31NO10/c1-11-13(9-8-12-16(26)15(21(25)28)22(29)34-18(11)12)32-23-19(33-14-7-5-6-10-31-14)17(27)20(30-4)24(2,3)35-23/h8-9,14,17,19-20,23,26-27H,5-7,10H2,1-4H3,(H2,25,28)/t14?,17-,19-,20-,23-/m1/s1. The summed E-state index contributed by atoms with van der Waals surface area (Å²) in [4.78, 5) is 23.8. The van der Waals surface area contributed by atoms with Crippen LogP contribution in [0.15, 0.2) is 21.3 Å². The third-order valence-corrected chi connectivity index (χ3v) is 6.46. The van der Waals surface area contributed by atoms with E-state index in [9.17, 15) is 19.8 Å². The lowest BCUT2D eigenvalue weighted by Crippen LogP contribution is -2.65. The third-order valence-electron chi connectivity index (χ3n) is 6.46. The first-order chi connectivity index (χ1) is 16.5. The van der Waals surface area contributed by atoms with Gasteiger partial charge < -0.3 is 44.0 Å². The molecule has 4 rings (SSSR count). The van der Waals surface area contributed by atoms with Gasteiger partial charge in [-0.1, -0.05) is 0 Å². The fraction of sp³-hybridized carbons (Fsp3) is 0.583. The van der Waals surface area contributed by atoms with Crippen LogP contribution < -0.4 is 16.1 Å². The van der Waals surface area contributed by atoms with E-state index in [1.807, 2.05) is 0 Å². The summed E-state index contributed by atoms with van der Waals surface area (Å²) in [5.41, 5.74) is 2.96. The van der Waals surface area contributed by atoms with Gasteiger partial charge in [0.2, 0.25) is 6.29 Å². The van der Waals surface area contributed by atoms with E-state index in [0.717, 1.165) is 12.8 Å². The minimum absolute atomic E-state index is 0.0217. The van der Waals surface area contributed by atoms with Gasteiger partial charge in [-0.25, -0.2) is 4.79 Å². The Bertz CT molecular complexity index is 1150. The summed E-state index contributed by atoms with van der Waals surface area (Å²) in [6, 6.07) is 2.96. The first-order valence-electron chi connectivity index (χ1n) is 11.5. The normalized spacial score (nSPS) is 28.7. The van der Waals surface area contributed by atoms with Gasteiger partial charge in [-0.3, -0.25) is 4.79 Å². The number of aryl methyl sites for hydroxylation is 1. The molecule has 1 aromatic heterocycles. The number of primary amides is 1. The fourth-order valence-electron chi connectivity index (χ4n) is 4.67. The van der Waals surface area contributed by atoms with Crippen LogP contribution in [0, 0.1) is 6.92 Å². The number of methoxy groups -OCH3 is 1. The number of aromatic hydroxyl groups is 1. The first kappa shape index (κ1) is 25.4. The number of ether oxygens (including phenoxy) is 5. The van der Waals surface area contributed by atoms with Crippen LogP contribution in [0.2, 0.25) is 0 Å². The molecule has 2 fully saturated rings. The molecule has 11 nitrogen and oxygen atoms in total. The Morgan fingerprint density at radius 2 is 2.00 bits per heavy atom. The molecule has 0 aliphatic carbocycles. The smallest absolute Gasteiger partial charge is 0.353 e. The second-order valence-corrected chi connectivity index (χ2v) is 9.29. The van der Waals surface area contributed by atoms with E-state index < -0.39 is 59.3 Å². The number of carbonyl (C=O) groups is 1. The number of aliphatic hydroxyl groups is 1. The zero-order valence-corrected chi connectivity index (χ0v) is 20.1. The summed E-state index contributed by atoms with van der Waals surface area (Å²) in [5.74, 6) is -1.41. The molecule has 2 aromatic rings.